The number of piperidine rings is 1. The summed E-state index contributed by atoms with van der Waals surface area (Å²) < 4.78 is 5.09. The maximum Gasteiger partial charge on any atom is 0.244 e. The Labute approximate surface area is 130 Å². The van der Waals surface area contributed by atoms with Crippen molar-refractivity contribution in [3.8, 4) is 5.75 Å². The fraction of sp³-hybridized carbons (Fsp3) is 0.429. The molecule has 0 unspecified atom stereocenters. The number of hydrogen-bond donors (Lipinski definition) is 2. The number of carbonyl (C=O) groups is 2. The van der Waals surface area contributed by atoms with Crippen LogP contribution in [0.1, 0.15) is 19.3 Å². The predicted octanol–water partition coefficient (Wildman–Crippen LogP) is 1.65. The summed E-state index contributed by atoms with van der Waals surface area (Å²) in [5, 5.41) is 2.71. The minimum absolute atomic E-state index is 0. The Morgan fingerprint density at radius 2 is 2.19 bits per heavy atom. The summed E-state index contributed by atoms with van der Waals surface area (Å²) in [6.45, 7) is 0.704. The Balaban J connectivity index is 0.00000220. The average Bonchev–Trinajstić information content (AvgIpc) is 2.44. The van der Waals surface area contributed by atoms with Crippen LogP contribution in [0.2, 0.25) is 0 Å². The molecule has 21 heavy (non-hydrogen) atoms. The number of likely N-dealkylation sites (tertiary alicyclic amines) is 1. The van der Waals surface area contributed by atoms with E-state index in [0.29, 0.717) is 30.1 Å². The minimum atomic E-state index is -0.250. The number of hydrogen-bond acceptors (Lipinski definition) is 4. The molecule has 0 bridgehead atoms. The summed E-state index contributed by atoms with van der Waals surface area (Å²) >= 11 is 0. The van der Waals surface area contributed by atoms with Crippen LogP contribution in [0.5, 0.6) is 5.75 Å². The summed E-state index contributed by atoms with van der Waals surface area (Å²) in [7, 11) is 1.55. The van der Waals surface area contributed by atoms with Gasteiger partial charge in [0, 0.05) is 19.0 Å². The zero-order valence-electron chi connectivity index (χ0n) is 11.9. The highest BCUT2D eigenvalue weighted by Crippen LogP contribution is 2.24. The van der Waals surface area contributed by atoms with Gasteiger partial charge >= 0.3 is 0 Å². The smallest absolute Gasteiger partial charge is 0.244 e. The summed E-state index contributed by atoms with van der Waals surface area (Å²) in [4.78, 5) is 25.2. The second-order valence-electron chi connectivity index (χ2n) is 4.77. The number of rotatable bonds is 4. The van der Waals surface area contributed by atoms with E-state index in [1.165, 1.54) is 0 Å². The lowest BCUT2D eigenvalue weighted by atomic mass is 10.1. The molecule has 1 fully saturated rings. The third kappa shape index (κ3) is 4.53. The molecule has 7 heteroatoms. The molecule has 1 heterocycles. The molecule has 2 amide bonds. The molecule has 0 spiro atoms. The Bertz CT molecular complexity index is 522. The summed E-state index contributed by atoms with van der Waals surface area (Å²) in [6.07, 6.45) is 2.37. The molecule has 1 aliphatic heterocycles. The lowest BCUT2D eigenvalue weighted by molar-refractivity contribution is -0.136. The van der Waals surface area contributed by atoms with Crippen molar-refractivity contribution in [3.05, 3.63) is 18.2 Å². The summed E-state index contributed by atoms with van der Waals surface area (Å²) in [6, 6.07) is 5.05. The van der Waals surface area contributed by atoms with Crippen LogP contribution in [-0.4, -0.2) is 36.9 Å². The fourth-order valence-corrected chi connectivity index (χ4v) is 2.16. The van der Waals surface area contributed by atoms with Crippen LogP contribution < -0.4 is 15.8 Å². The van der Waals surface area contributed by atoms with E-state index in [1.54, 1.807) is 30.2 Å². The highest BCUT2D eigenvalue weighted by molar-refractivity contribution is 5.97. The van der Waals surface area contributed by atoms with Crippen LogP contribution in [0.4, 0.5) is 11.4 Å². The van der Waals surface area contributed by atoms with E-state index in [-0.39, 0.29) is 30.8 Å². The highest BCUT2D eigenvalue weighted by Gasteiger charge is 2.20. The predicted molar refractivity (Wildman–Crippen MR) is 83.7 cm³/mol. The molecular weight excluding hydrogens is 294 g/mol. The molecule has 1 aliphatic rings. The van der Waals surface area contributed by atoms with Crippen LogP contribution >= 0.6 is 12.4 Å². The number of carbonyl (C=O) groups excluding carboxylic acids is 2. The van der Waals surface area contributed by atoms with E-state index >= 15 is 0 Å². The lowest BCUT2D eigenvalue weighted by Crippen LogP contribution is -2.40. The second kappa shape index (κ2) is 7.73. The van der Waals surface area contributed by atoms with Crippen molar-refractivity contribution in [2.75, 3.05) is 31.2 Å². The van der Waals surface area contributed by atoms with Crippen LogP contribution in [0.3, 0.4) is 0 Å². The molecular formula is C14H20ClN3O3. The molecule has 0 aliphatic carbocycles. The van der Waals surface area contributed by atoms with Gasteiger partial charge in [0.25, 0.3) is 0 Å². The minimum Gasteiger partial charge on any atom is -0.497 e. The maximum atomic E-state index is 12.0. The van der Waals surface area contributed by atoms with E-state index in [2.05, 4.69) is 5.32 Å². The van der Waals surface area contributed by atoms with Gasteiger partial charge in [-0.15, -0.1) is 12.4 Å². The number of nitrogens with two attached hydrogens (primary N) is 1. The zero-order chi connectivity index (χ0) is 14.5. The van der Waals surface area contributed by atoms with Gasteiger partial charge in [0.1, 0.15) is 5.75 Å². The molecule has 0 atom stereocenters. The monoisotopic (exact) mass is 313 g/mol. The third-order valence-corrected chi connectivity index (χ3v) is 3.29. The molecule has 1 aromatic rings. The Morgan fingerprint density at radius 1 is 1.43 bits per heavy atom. The lowest BCUT2D eigenvalue weighted by Gasteiger charge is -2.26. The molecule has 1 aromatic carbocycles. The Hall–Kier alpha value is -1.95. The molecule has 2 rings (SSSR count). The van der Waals surface area contributed by atoms with E-state index < -0.39 is 0 Å². The fourth-order valence-electron chi connectivity index (χ4n) is 2.16. The first-order valence-corrected chi connectivity index (χ1v) is 6.61. The topological polar surface area (TPSA) is 84.7 Å². The SMILES string of the molecule is COc1ccc(N)c(NC(=O)CN2CCCCC2=O)c1.Cl. The van der Waals surface area contributed by atoms with Crippen molar-refractivity contribution in [3.63, 3.8) is 0 Å². The number of nitrogen functional groups attached to an aromatic ring is 1. The van der Waals surface area contributed by atoms with Gasteiger partial charge in [0.2, 0.25) is 11.8 Å². The van der Waals surface area contributed by atoms with Gasteiger partial charge in [0.15, 0.2) is 0 Å². The van der Waals surface area contributed by atoms with Crippen molar-refractivity contribution < 1.29 is 14.3 Å². The number of methoxy groups -OCH3 is 1. The number of nitrogens with zero attached hydrogens (tertiary/aromatic N) is 1. The van der Waals surface area contributed by atoms with Crippen molar-refractivity contribution in [1.82, 2.24) is 4.90 Å². The van der Waals surface area contributed by atoms with Gasteiger partial charge in [-0.2, -0.15) is 0 Å². The second-order valence-corrected chi connectivity index (χ2v) is 4.77. The first-order chi connectivity index (χ1) is 9.60. The standard InChI is InChI=1S/C14H19N3O3.ClH/c1-20-10-5-6-11(15)12(8-10)16-13(18)9-17-7-3-2-4-14(17)19;/h5-6,8H,2-4,7,9,15H2,1H3,(H,16,18);1H. The van der Waals surface area contributed by atoms with Gasteiger partial charge in [-0.3, -0.25) is 9.59 Å². The number of amides is 2. The number of anilines is 2. The van der Waals surface area contributed by atoms with Crippen LogP contribution in [0, 0.1) is 0 Å². The largest absolute Gasteiger partial charge is 0.497 e. The average molecular weight is 314 g/mol. The Morgan fingerprint density at radius 3 is 2.86 bits per heavy atom. The first-order valence-electron chi connectivity index (χ1n) is 6.61. The molecule has 1 saturated heterocycles. The molecule has 6 nitrogen and oxygen atoms in total. The molecule has 0 saturated carbocycles. The molecule has 116 valence electrons. The molecule has 0 aromatic heterocycles. The quantitative estimate of drug-likeness (QED) is 0.828. The first kappa shape index (κ1) is 17.1. The summed E-state index contributed by atoms with van der Waals surface area (Å²) in [5.41, 5.74) is 6.76. The van der Waals surface area contributed by atoms with Crippen LogP contribution in [0.25, 0.3) is 0 Å². The van der Waals surface area contributed by atoms with Gasteiger partial charge in [0.05, 0.1) is 25.0 Å². The third-order valence-electron chi connectivity index (χ3n) is 3.29. The van der Waals surface area contributed by atoms with E-state index in [0.717, 1.165) is 12.8 Å². The van der Waals surface area contributed by atoms with Gasteiger partial charge in [-0.25, -0.2) is 0 Å². The van der Waals surface area contributed by atoms with Crippen LogP contribution in [-0.2, 0) is 9.59 Å². The number of nitrogens with one attached hydrogen (secondary N) is 1. The molecule has 0 radical (unpaired) electrons. The number of ether oxygens (including phenoxy) is 1. The van der Waals surface area contributed by atoms with Crippen molar-refractivity contribution in [1.29, 1.82) is 0 Å². The zero-order valence-corrected chi connectivity index (χ0v) is 12.7. The van der Waals surface area contributed by atoms with Gasteiger partial charge < -0.3 is 20.7 Å². The number of benzene rings is 1. The normalized spacial score (nSPS) is 14.3. The highest BCUT2D eigenvalue weighted by atomic mass is 35.5. The van der Waals surface area contributed by atoms with E-state index in [1.807, 2.05) is 0 Å². The van der Waals surface area contributed by atoms with Gasteiger partial charge in [-0.1, -0.05) is 0 Å². The summed E-state index contributed by atoms with van der Waals surface area (Å²) in [5.74, 6) is 0.397. The van der Waals surface area contributed by atoms with E-state index in [9.17, 15) is 9.59 Å². The van der Waals surface area contributed by atoms with Crippen LogP contribution in [0.15, 0.2) is 18.2 Å². The van der Waals surface area contributed by atoms with Crippen molar-refractivity contribution in [2.45, 2.75) is 19.3 Å². The Kier molecular flexibility index (Phi) is 6.30. The van der Waals surface area contributed by atoms with Crippen molar-refractivity contribution in [2.24, 2.45) is 0 Å². The van der Waals surface area contributed by atoms with E-state index in [4.69, 9.17) is 10.5 Å². The maximum absolute atomic E-state index is 12.0. The number of halogens is 1. The molecule has 3 N–H and O–H groups in total. The van der Waals surface area contributed by atoms with Gasteiger partial charge in [-0.05, 0) is 25.0 Å². The van der Waals surface area contributed by atoms with Crippen molar-refractivity contribution >= 4 is 35.6 Å².